The lowest BCUT2D eigenvalue weighted by Gasteiger charge is -2.41. The minimum absolute atomic E-state index is 0.0451. The predicted octanol–water partition coefficient (Wildman–Crippen LogP) is 0.472. The molecule has 25 heavy (non-hydrogen) atoms. The summed E-state index contributed by atoms with van der Waals surface area (Å²) in [5, 5.41) is 9.42. The van der Waals surface area contributed by atoms with Gasteiger partial charge in [-0.05, 0) is 30.9 Å². The van der Waals surface area contributed by atoms with E-state index in [0.717, 1.165) is 29.1 Å². The van der Waals surface area contributed by atoms with Gasteiger partial charge in [0.1, 0.15) is 12.1 Å². The first-order valence-electron chi connectivity index (χ1n) is 8.16. The molecule has 2 aromatic rings. The molecule has 0 amide bonds. The lowest BCUT2D eigenvalue weighted by Crippen LogP contribution is -2.57. The zero-order chi connectivity index (χ0) is 17.6. The second-order valence-corrected chi connectivity index (χ2v) is 9.84. The Morgan fingerprint density at radius 2 is 2.04 bits per heavy atom. The maximum absolute atomic E-state index is 12.1. The fourth-order valence-electron chi connectivity index (χ4n) is 3.55. The number of furan rings is 1. The molecule has 10 heteroatoms. The van der Waals surface area contributed by atoms with Crippen LogP contribution in [0.1, 0.15) is 5.76 Å². The standard InChI is InChI=1S/C15H21N5O3S2/c1-18-5-6-20(13-9-25(21,22)8-12(13)18)7-11-3-4-14(23-11)24-15-17-16-10-19(15)2/h3-4,10,12-13H,5-9H2,1-2H3. The monoisotopic (exact) mass is 383 g/mol. The highest BCUT2D eigenvalue weighted by atomic mass is 32.2. The number of sulfone groups is 1. The van der Waals surface area contributed by atoms with Crippen LogP contribution in [0.5, 0.6) is 0 Å². The average Bonchev–Trinajstić information content (AvgIpc) is 3.23. The van der Waals surface area contributed by atoms with Gasteiger partial charge in [-0.25, -0.2) is 8.42 Å². The Kier molecular flexibility index (Phi) is 4.38. The van der Waals surface area contributed by atoms with E-state index in [4.69, 9.17) is 4.42 Å². The van der Waals surface area contributed by atoms with Gasteiger partial charge in [0, 0.05) is 32.2 Å². The van der Waals surface area contributed by atoms with Gasteiger partial charge in [-0.2, -0.15) is 0 Å². The molecule has 4 rings (SSSR count). The summed E-state index contributed by atoms with van der Waals surface area (Å²) < 4.78 is 31.9. The molecule has 0 N–H and O–H groups in total. The van der Waals surface area contributed by atoms with Crippen molar-refractivity contribution >= 4 is 21.6 Å². The van der Waals surface area contributed by atoms with Crippen LogP contribution < -0.4 is 0 Å². The molecule has 2 aliphatic rings. The molecule has 2 aromatic heterocycles. The fourth-order valence-corrected chi connectivity index (χ4v) is 6.38. The highest BCUT2D eigenvalue weighted by molar-refractivity contribution is 7.99. The first-order chi connectivity index (χ1) is 11.9. The van der Waals surface area contributed by atoms with E-state index in [-0.39, 0.29) is 23.6 Å². The number of aryl methyl sites for hydroxylation is 1. The third-order valence-corrected chi connectivity index (χ3v) is 7.60. The van der Waals surface area contributed by atoms with Crippen molar-refractivity contribution in [3.8, 4) is 0 Å². The van der Waals surface area contributed by atoms with E-state index < -0.39 is 9.84 Å². The summed E-state index contributed by atoms with van der Waals surface area (Å²) in [6, 6.07) is 4.01. The number of fused-ring (bicyclic) bond motifs is 1. The van der Waals surface area contributed by atoms with Crippen LogP contribution in [0.15, 0.2) is 33.1 Å². The minimum Gasteiger partial charge on any atom is -0.453 e. The molecule has 0 spiro atoms. The van der Waals surface area contributed by atoms with Gasteiger partial charge in [0.15, 0.2) is 20.1 Å². The quantitative estimate of drug-likeness (QED) is 0.753. The Bertz CT molecular complexity index is 862. The van der Waals surface area contributed by atoms with Crippen LogP contribution in [0.4, 0.5) is 0 Å². The molecule has 0 aromatic carbocycles. The molecule has 0 radical (unpaired) electrons. The third-order valence-electron chi connectivity index (χ3n) is 4.93. The third kappa shape index (κ3) is 3.48. The zero-order valence-electron chi connectivity index (χ0n) is 14.2. The van der Waals surface area contributed by atoms with Crippen LogP contribution in [0.2, 0.25) is 0 Å². The largest absolute Gasteiger partial charge is 0.453 e. The van der Waals surface area contributed by atoms with Gasteiger partial charge in [-0.1, -0.05) is 0 Å². The van der Waals surface area contributed by atoms with Gasteiger partial charge in [-0.3, -0.25) is 9.80 Å². The highest BCUT2D eigenvalue weighted by Crippen LogP contribution is 2.30. The molecule has 2 aliphatic heterocycles. The molecule has 0 saturated carbocycles. The lowest BCUT2D eigenvalue weighted by molar-refractivity contribution is 0.0518. The average molecular weight is 383 g/mol. The molecular weight excluding hydrogens is 362 g/mol. The summed E-state index contributed by atoms with van der Waals surface area (Å²) in [4.78, 5) is 4.41. The Balaban J connectivity index is 1.46. The van der Waals surface area contributed by atoms with Gasteiger partial charge < -0.3 is 8.98 Å². The summed E-state index contributed by atoms with van der Waals surface area (Å²) >= 11 is 1.42. The van der Waals surface area contributed by atoms with Crippen LogP contribution in [-0.2, 0) is 23.4 Å². The van der Waals surface area contributed by atoms with Crippen molar-refractivity contribution in [2.75, 3.05) is 31.6 Å². The Labute approximate surface area is 151 Å². The molecule has 8 nitrogen and oxygen atoms in total. The van der Waals surface area contributed by atoms with Crippen molar-refractivity contribution in [1.29, 1.82) is 0 Å². The zero-order valence-corrected chi connectivity index (χ0v) is 15.8. The van der Waals surface area contributed by atoms with Crippen LogP contribution in [0.3, 0.4) is 0 Å². The Morgan fingerprint density at radius 1 is 1.24 bits per heavy atom. The second-order valence-electron chi connectivity index (χ2n) is 6.71. The summed E-state index contributed by atoms with van der Waals surface area (Å²) in [7, 11) is 0.941. The van der Waals surface area contributed by atoms with Crippen LogP contribution in [0.25, 0.3) is 0 Å². The van der Waals surface area contributed by atoms with Crippen molar-refractivity contribution in [3.63, 3.8) is 0 Å². The Hall–Kier alpha value is -1.36. The number of hydrogen-bond donors (Lipinski definition) is 0. The number of nitrogens with zero attached hydrogens (tertiary/aromatic N) is 5. The van der Waals surface area contributed by atoms with Crippen LogP contribution in [-0.4, -0.2) is 76.7 Å². The smallest absolute Gasteiger partial charge is 0.198 e. The Morgan fingerprint density at radius 3 is 2.80 bits per heavy atom. The van der Waals surface area contributed by atoms with Crippen LogP contribution >= 0.6 is 11.8 Å². The highest BCUT2D eigenvalue weighted by Gasteiger charge is 2.45. The van der Waals surface area contributed by atoms with E-state index in [2.05, 4.69) is 20.0 Å². The van der Waals surface area contributed by atoms with E-state index in [1.165, 1.54) is 11.8 Å². The molecule has 0 bridgehead atoms. The normalized spacial score (nSPS) is 26.8. The SMILES string of the molecule is CN1CCN(Cc2ccc(Sc3nncn3C)o2)C2CS(=O)(=O)CC21. The summed E-state index contributed by atoms with van der Waals surface area (Å²) in [6.45, 7) is 2.35. The van der Waals surface area contributed by atoms with E-state index in [1.807, 2.05) is 30.8 Å². The van der Waals surface area contributed by atoms with E-state index in [0.29, 0.717) is 6.54 Å². The molecule has 4 heterocycles. The van der Waals surface area contributed by atoms with Crippen molar-refractivity contribution in [3.05, 3.63) is 24.2 Å². The summed E-state index contributed by atoms with van der Waals surface area (Å²) in [5.41, 5.74) is 0. The van der Waals surface area contributed by atoms with Crippen molar-refractivity contribution in [2.45, 2.75) is 28.9 Å². The summed E-state index contributed by atoms with van der Waals surface area (Å²) in [5.74, 6) is 1.34. The molecule has 0 aliphatic carbocycles. The van der Waals surface area contributed by atoms with E-state index in [9.17, 15) is 8.42 Å². The molecule has 2 atom stereocenters. The van der Waals surface area contributed by atoms with Gasteiger partial charge >= 0.3 is 0 Å². The molecule has 2 fully saturated rings. The topological polar surface area (TPSA) is 84.5 Å². The van der Waals surface area contributed by atoms with E-state index in [1.54, 1.807) is 6.33 Å². The second kappa shape index (κ2) is 6.42. The number of likely N-dealkylation sites (N-methyl/N-ethyl adjacent to an activating group) is 1. The minimum atomic E-state index is -2.96. The predicted molar refractivity (Wildman–Crippen MR) is 93.1 cm³/mol. The molecule has 2 unspecified atom stereocenters. The first kappa shape index (κ1) is 17.1. The van der Waals surface area contributed by atoms with Gasteiger partial charge in [-0.15, -0.1) is 10.2 Å². The van der Waals surface area contributed by atoms with Gasteiger partial charge in [0.2, 0.25) is 0 Å². The fraction of sp³-hybridized carbons (Fsp3) is 0.600. The van der Waals surface area contributed by atoms with Crippen LogP contribution in [0, 0.1) is 0 Å². The first-order valence-corrected chi connectivity index (χ1v) is 10.8. The molecular formula is C15H21N5O3S2. The number of hydrogen-bond acceptors (Lipinski definition) is 8. The maximum atomic E-state index is 12.1. The van der Waals surface area contributed by atoms with Crippen molar-refractivity contribution < 1.29 is 12.8 Å². The number of aromatic nitrogens is 3. The molecule has 136 valence electrons. The van der Waals surface area contributed by atoms with E-state index >= 15 is 0 Å². The lowest BCUT2D eigenvalue weighted by atomic mass is 10.1. The van der Waals surface area contributed by atoms with Gasteiger partial charge in [0.05, 0.1) is 18.1 Å². The maximum Gasteiger partial charge on any atom is 0.198 e. The molecule has 2 saturated heterocycles. The van der Waals surface area contributed by atoms with Crippen molar-refractivity contribution in [2.24, 2.45) is 7.05 Å². The summed E-state index contributed by atoms with van der Waals surface area (Å²) in [6.07, 6.45) is 1.65. The van der Waals surface area contributed by atoms with Crippen molar-refractivity contribution in [1.82, 2.24) is 24.6 Å². The number of piperazine rings is 1. The van der Waals surface area contributed by atoms with Gasteiger partial charge in [0.25, 0.3) is 0 Å². The number of rotatable bonds is 4.